The van der Waals surface area contributed by atoms with Crippen molar-refractivity contribution >= 4 is 46.2 Å². The van der Waals surface area contributed by atoms with Crippen molar-refractivity contribution in [1.82, 2.24) is 9.97 Å². The Kier molecular flexibility index (Phi) is 8.01. The summed E-state index contributed by atoms with van der Waals surface area (Å²) in [6.07, 6.45) is 1.10. The van der Waals surface area contributed by atoms with Gasteiger partial charge in [0.2, 0.25) is 11.6 Å². The zero-order valence-corrected chi connectivity index (χ0v) is 19.7. The first-order valence-corrected chi connectivity index (χ1v) is 10.8. The van der Waals surface area contributed by atoms with E-state index in [-0.39, 0.29) is 29.7 Å². The Morgan fingerprint density at radius 2 is 1.77 bits per heavy atom. The van der Waals surface area contributed by atoms with Crippen molar-refractivity contribution in [3.8, 4) is 18.2 Å². The monoisotopic (exact) mass is 506 g/mol. The molecule has 174 valence electrons. The van der Waals surface area contributed by atoms with Crippen molar-refractivity contribution in [3.05, 3.63) is 79.6 Å². The molecule has 1 N–H and O–H groups in total. The molecule has 0 fully saturated rings. The minimum atomic E-state index is -0.684. The average molecular weight is 507 g/mol. The molecule has 12 heteroatoms. The standard InChI is InChI=1S/C23H16Cl2N8O2/c1-14-10-17(18(12-28)15-2-4-16(24)5-3-15)19(25)11-20(14)31-22-21(33(34)35)23(30-13-29-22)32(8-6-26)9-7-27/h2-5,10-11,13,18H,8-9H2,1H3,(H,29,30,31). The molecule has 1 heterocycles. The van der Waals surface area contributed by atoms with Crippen LogP contribution in [0.25, 0.3) is 0 Å². The lowest BCUT2D eigenvalue weighted by Gasteiger charge is -2.19. The molecular formula is C23H16Cl2N8O2. The maximum Gasteiger partial charge on any atom is 0.353 e. The van der Waals surface area contributed by atoms with E-state index in [4.69, 9.17) is 33.7 Å². The fourth-order valence-electron chi connectivity index (χ4n) is 3.40. The largest absolute Gasteiger partial charge is 0.353 e. The van der Waals surface area contributed by atoms with Crippen LogP contribution in [0.5, 0.6) is 0 Å². The van der Waals surface area contributed by atoms with Gasteiger partial charge in [-0.1, -0.05) is 41.4 Å². The topological polar surface area (TPSA) is 156 Å². The summed E-state index contributed by atoms with van der Waals surface area (Å²) in [5.74, 6) is -0.955. The van der Waals surface area contributed by atoms with Gasteiger partial charge in [0.1, 0.15) is 19.4 Å². The van der Waals surface area contributed by atoms with Crippen LogP contribution in [0.4, 0.5) is 23.0 Å². The van der Waals surface area contributed by atoms with Gasteiger partial charge < -0.3 is 10.2 Å². The highest BCUT2D eigenvalue weighted by molar-refractivity contribution is 6.32. The Balaban J connectivity index is 2.03. The lowest BCUT2D eigenvalue weighted by molar-refractivity contribution is -0.383. The molecule has 1 unspecified atom stereocenters. The molecule has 0 aliphatic carbocycles. The summed E-state index contributed by atoms with van der Waals surface area (Å²) in [6, 6.07) is 16.1. The summed E-state index contributed by atoms with van der Waals surface area (Å²) >= 11 is 12.5. The number of rotatable bonds is 8. The fraction of sp³-hybridized carbons (Fsp3) is 0.174. The van der Waals surface area contributed by atoms with Crippen LogP contribution in [0, 0.1) is 51.0 Å². The number of nitrogens with one attached hydrogen (secondary N) is 1. The molecule has 0 amide bonds. The number of benzene rings is 2. The maximum absolute atomic E-state index is 11.9. The van der Waals surface area contributed by atoms with Crippen LogP contribution < -0.4 is 10.2 Å². The summed E-state index contributed by atoms with van der Waals surface area (Å²) in [4.78, 5) is 20.3. The highest BCUT2D eigenvalue weighted by Gasteiger charge is 2.28. The summed E-state index contributed by atoms with van der Waals surface area (Å²) < 4.78 is 0. The first-order chi connectivity index (χ1) is 16.8. The highest BCUT2D eigenvalue weighted by atomic mass is 35.5. The number of nitro groups is 1. The third-order valence-electron chi connectivity index (χ3n) is 5.05. The molecule has 0 aliphatic rings. The quantitative estimate of drug-likeness (QED) is 0.244. The van der Waals surface area contributed by atoms with Crippen molar-refractivity contribution in [2.75, 3.05) is 23.3 Å². The molecule has 10 nitrogen and oxygen atoms in total. The lowest BCUT2D eigenvalue weighted by atomic mass is 9.91. The van der Waals surface area contributed by atoms with Gasteiger partial charge in [0.05, 0.1) is 29.0 Å². The number of anilines is 3. The Labute approximate surface area is 210 Å². The molecule has 3 rings (SSSR count). The number of aromatic nitrogens is 2. The number of hydrogen-bond acceptors (Lipinski definition) is 9. The van der Waals surface area contributed by atoms with Crippen LogP contribution in [0.3, 0.4) is 0 Å². The third-order valence-corrected chi connectivity index (χ3v) is 5.63. The molecule has 0 saturated carbocycles. The summed E-state index contributed by atoms with van der Waals surface area (Å²) in [5, 5.41) is 43.5. The molecule has 0 spiro atoms. The Morgan fingerprint density at radius 1 is 1.11 bits per heavy atom. The summed E-state index contributed by atoms with van der Waals surface area (Å²) in [5.41, 5.74) is 1.86. The van der Waals surface area contributed by atoms with Gasteiger partial charge in [-0.2, -0.15) is 15.8 Å². The van der Waals surface area contributed by atoms with Gasteiger partial charge in [0, 0.05) is 15.7 Å². The number of aryl methyl sites for hydroxylation is 1. The van der Waals surface area contributed by atoms with Crippen LogP contribution in [-0.4, -0.2) is 28.0 Å². The second-order valence-corrected chi connectivity index (χ2v) is 8.09. The average Bonchev–Trinajstić information content (AvgIpc) is 2.83. The molecule has 0 aliphatic heterocycles. The van der Waals surface area contributed by atoms with Gasteiger partial charge in [-0.3, -0.25) is 10.1 Å². The summed E-state index contributed by atoms with van der Waals surface area (Å²) in [6.45, 7) is 1.21. The number of halogens is 2. The fourth-order valence-corrected chi connectivity index (χ4v) is 3.80. The zero-order valence-electron chi connectivity index (χ0n) is 18.2. The molecule has 0 radical (unpaired) electrons. The van der Waals surface area contributed by atoms with E-state index in [1.54, 1.807) is 43.3 Å². The van der Waals surface area contributed by atoms with Crippen LogP contribution in [0.15, 0.2) is 42.7 Å². The van der Waals surface area contributed by atoms with Gasteiger partial charge in [-0.15, -0.1) is 0 Å². The van der Waals surface area contributed by atoms with E-state index in [0.717, 1.165) is 6.33 Å². The molecule has 35 heavy (non-hydrogen) atoms. The Hall–Kier alpha value is -4.43. The molecule has 0 bridgehead atoms. The molecule has 1 atom stereocenters. The van der Waals surface area contributed by atoms with E-state index in [2.05, 4.69) is 21.4 Å². The molecule has 0 saturated heterocycles. The van der Waals surface area contributed by atoms with Crippen molar-refractivity contribution in [1.29, 1.82) is 15.8 Å². The Morgan fingerprint density at radius 3 is 2.34 bits per heavy atom. The highest BCUT2D eigenvalue weighted by Crippen LogP contribution is 2.38. The minimum Gasteiger partial charge on any atom is -0.334 e. The van der Waals surface area contributed by atoms with Crippen molar-refractivity contribution < 1.29 is 4.92 Å². The van der Waals surface area contributed by atoms with Gasteiger partial charge >= 0.3 is 5.69 Å². The zero-order chi connectivity index (χ0) is 25.5. The molecule has 1 aromatic heterocycles. The predicted octanol–water partition coefficient (Wildman–Crippen LogP) is 5.25. The van der Waals surface area contributed by atoms with Crippen molar-refractivity contribution in [3.63, 3.8) is 0 Å². The number of hydrogen-bond donors (Lipinski definition) is 1. The smallest absolute Gasteiger partial charge is 0.334 e. The molecule has 2 aromatic carbocycles. The SMILES string of the molecule is Cc1cc(C(C#N)c2ccc(Cl)cc2)c(Cl)cc1Nc1ncnc(N(CC#N)CC#N)c1[N+](=O)[O-]. The van der Waals surface area contributed by atoms with E-state index >= 15 is 0 Å². The van der Waals surface area contributed by atoms with Crippen molar-refractivity contribution in [2.24, 2.45) is 0 Å². The first-order valence-electron chi connectivity index (χ1n) is 10.0. The van der Waals surface area contributed by atoms with Gasteiger partial charge in [-0.25, -0.2) is 9.97 Å². The lowest BCUT2D eigenvalue weighted by Crippen LogP contribution is -2.26. The minimum absolute atomic E-state index is 0.137. The second kappa shape index (κ2) is 11.1. The molecule has 3 aromatic rings. The first kappa shape index (κ1) is 25.2. The van der Waals surface area contributed by atoms with Gasteiger partial charge in [0.25, 0.3) is 0 Å². The number of nitriles is 3. The van der Waals surface area contributed by atoms with E-state index in [1.165, 1.54) is 4.90 Å². The van der Waals surface area contributed by atoms with Crippen molar-refractivity contribution in [2.45, 2.75) is 12.8 Å². The third kappa shape index (κ3) is 5.56. The van der Waals surface area contributed by atoms with E-state index in [0.29, 0.717) is 27.4 Å². The second-order valence-electron chi connectivity index (χ2n) is 7.25. The van der Waals surface area contributed by atoms with E-state index in [9.17, 15) is 15.4 Å². The maximum atomic E-state index is 11.9. The van der Waals surface area contributed by atoms with Gasteiger partial charge in [-0.05, 0) is 41.8 Å². The van der Waals surface area contributed by atoms with Crippen LogP contribution in [0.1, 0.15) is 22.6 Å². The van der Waals surface area contributed by atoms with Crippen LogP contribution in [-0.2, 0) is 0 Å². The van der Waals surface area contributed by atoms with Crippen LogP contribution >= 0.6 is 23.2 Å². The molecular weight excluding hydrogens is 491 g/mol. The van der Waals surface area contributed by atoms with Crippen LogP contribution in [0.2, 0.25) is 10.0 Å². The Bertz CT molecular complexity index is 1370. The predicted molar refractivity (Wildman–Crippen MR) is 131 cm³/mol. The normalized spacial score (nSPS) is 11.0. The number of nitrogens with zero attached hydrogens (tertiary/aromatic N) is 7. The van der Waals surface area contributed by atoms with E-state index in [1.807, 2.05) is 12.1 Å². The van der Waals surface area contributed by atoms with Gasteiger partial charge in [0.15, 0.2) is 0 Å². The summed E-state index contributed by atoms with van der Waals surface area (Å²) in [7, 11) is 0. The van der Waals surface area contributed by atoms with E-state index < -0.39 is 16.5 Å².